The van der Waals surface area contributed by atoms with Gasteiger partial charge in [-0.05, 0) is 86.4 Å². The number of fused-ring (bicyclic) bond motifs is 2. The van der Waals surface area contributed by atoms with Gasteiger partial charge in [0.2, 0.25) is 0 Å². The maximum Gasteiger partial charge on any atom is 0.261 e. The molecule has 0 bridgehead atoms. The highest BCUT2D eigenvalue weighted by Crippen LogP contribution is 2.49. The molecule has 2 fully saturated rings. The van der Waals surface area contributed by atoms with Gasteiger partial charge in [-0.1, -0.05) is 62.5 Å². The first kappa shape index (κ1) is 30.8. The van der Waals surface area contributed by atoms with Crippen molar-refractivity contribution in [2.24, 2.45) is 11.8 Å². The van der Waals surface area contributed by atoms with E-state index in [1.54, 1.807) is 24.3 Å². The molecular weight excluding hydrogens is 620 g/mol. The molecular formula is C44H38N2O4. The lowest BCUT2D eigenvalue weighted by Crippen LogP contribution is -2.49. The minimum absolute atomic E-state index is 0.236. The number of hydrogen-bond acceptors (Lipinski definition) is 4. The summed E-state index contributed by atoms with van der Waals surface area (Å²) in [6.07, 6.45) is 23.2. The highest BCUT2D eigenvalue weighted by atomic mass is 16.2. The van der Waals surface area contributed by atoms with Gasteiger partial charge in [0, 0.05) is 77.8 Å². The van der Waals surface area contributed by atoms with Crippen molar-refractivity contribution in [3.8, 4) is 24.7 Å². The van der Waals surface area contributed by atoms with Gasteiger partial charge in [-0.2, -0.15) is 0 Å². The number of rotatable bonds is 4. The molecule has 5 aromatic rings. The Morgan fingerprint density at radius 1 is 0.520 bits per heavy atom. The Morgan fingerprint density at radius 3 is 1.24 bits per heavy atom. The first-order valence-electron chi connectivity index (χ1n) is 18.2. The fraction of sp³-hybridized carbons (Fsp3) is 0.364. The summed E-state index contributed by atoms with van der Waals surface area (Å²) in [6, 6.07) is 10.5. The molecule has 2 heterocycles. The summed E-state index contributed by atoms with van der Waals surface area (Å²) in [6.45, 7) is 3.99. The van der Waals surface area contributed by atoms with E-state index in [0.29, 0.717) is 54.9 Å². The van der Waals surface area contributed by atoms with Crippen molar-refractivity contribution in [1.82, 2.24) is 9.80 Å². The van der Waals surface area contributed by atoms with Crippen LogP contribution in [0.2, 0.25) is 0 Å². The molecule has 0 spiro atoms. The smallest absolute Gasteiger partial charge is 0.261 e. The highest BCUT2D eigenvalue weighted by Gasteiger charge is 2.42. The zero-order valence-corrected chi connectivity index (χ0v) is 28.5. The molecule has 4 amide bonds. The van der Waals surface area contributed by atoms with Crippen LogP contribution in [0.1, 0.15) is 131 Å². The summed E-state index contributed by atoms with van der Waals surface area (Å²) in [5.74, 6) is 5.01. The third-order valence-corrected chi connectivity index (χ3v) is 12.7. The molecule has 2 saturated carbocycles. The second-order valence-electron chi connectivity index (χ2n) is 15.0. The molecule has 0 N–H and O–H groups in total. The lowest BCUT2D eigenvalue weighted by molar-refractivity contribution is 0.0460. The SMILES string of the molecule is C#Cc1cc2c3c(ccc4c5c(C#C)cc6c7c(ccc(c1c34)c75)C(=O)N([C@H](C)C1CCCCC1)C6=O)C(=O)N([C@H](C)C1CCCCC1)C2=O. The maximum absolute atomic E-state index is 14.4. The molecule has 50 heavy (non-hydrogen) atoms. The fourth-order valence-corrected chi connectivity index (χ4v) is 10.1. The Hall–Kier alpha value is -5.20. The van der Waals surface area contributed by atoms with E-state index < -0.39 is 0 Å². The lowest BCUT2D eigenvalue weighted by atomic mass is 9.78. The standard InChI is InChI=1S/C44H38N2O4/c1-5-25-21-33-37-31(41(47)45(43(33)49)23(3)27-13-9-7-10-14-27)20-18-30-36-26(6-2)22-34-38-32(19-17-29(40(36)38)35(25)39(30)37)42(48)46(44(34)50)24(4)28-15-11-8-12-16-28/h1-2,17-24,27-28H,7-16H2,3-4H3/t23-,24-/m1/s1. The molecule has 6 nitrogen and oxygen atoms in total. The monoisotopic (exact) mass is 658 g/mol. The quantitative estimate of drug-likeness (QED) is 0.0837. The van der Waals surface area contributed by atoms with Gasteiger partial charge in [-0.25, -0.2) is 0 Å². The Balaban J connectivity index is 1.31. The van der Waals surface area contributed by atoms with Crippen LogP contribution in [0.3, 0.4) is 0 Å². The normalized spacial score (nSPS) is 19.9. The van der Waals surface area contributed by atoms with Gasteiger partial charge in [-0.3, -0.25) is 29.0 Å². The van der Waals surface area contributed by atoms with E-state index in [-0.39, 0.29) is 47.5 Å². The number of nitrogens with zero attached hydrogens (tertiary/aromatic N) is 2. The summed E-state index contributed by atoms with van der Waals surface area (Å²) in [5.41, 5.74) is 2.83. The number of benzene rings is 5. The van der Waals surface area contributed by atoms with Crippen LogP contribution in [0.5, 0.6) is 0 Å². The molecule has 0 aromatic heterocycles. The summed E-state index contributed by atoms with van der Waals surface area (Å²) >= 11 is 0. The summed E-state index contributed by atoms with van der Waals surface area (Å²) in [4.78, 5) is 60.3. The molecule has 0 unspecified atom stereocenters. The van der Waals surface area contributed by atoms with Crippen molar-refractivity contribution in [1.29, 1.82) is 0 Å². The van der Waals surface area contributed by atoms with Crippen LogP contribution >= 0.6 is 0 Å². The van der Waals surface area contributed by atoms with Crippen LogP contribution in [-0.2, 0) is 0 Å². The minimum Gasteiger partial charge on any atom is -0.271 e. The lowest BCUT2D eigenvalue weighted by Gasteiger charge is -2.38. The zero-order chi connectivity index (χ0) is 34.6. The Morgan fingerprint density at radius 2 is 0.880 bits per heavy atom. The van der Waals surface area contributed by atoms with Gasteiger partial charge < -0.3 is 0 Å². The summed E-state index contributed by atoms with van der Waals surface area (Å²) < 4.78 is 0. The van der Waals surface area contributed by atoms with Crippen molar-refractivity contribution in [2.45, 2.75) is 90.1 Å². The van der Waals surface area contributed by atoms with Gasteiger partial charge in [0.25, 0.3) is 23.6 Å². The van der Waals surface area contributed by atoms with Gasteiger partial charge in [0.15, 0.2) is 0 Å². The van der Waals surface area contributed by atoms with E-state index in [0.717, 1.165) is 72.9 Å². The van der Waals surface area contributed by atoms with E-state index in [9.17, 15) is 19.2 Å². The molecule has 2 aliphatic carbocycles. The molecule has 6 heteroatoms. The van der Waals surface area contributed by atoms with Crippen LogP contribution in [0.4, 0.5) is 0 Å². The van der Waals surface area contributed by atoms with Crippen LogP contribution in [-0.4, -0.2) is 45.5 Å². The molecule has 0 saturated heterocycles. The van der Waals surface area contributed by atoms with Gasteiger partial charge in [-0.15, -0.1) is 12.8 Å². The summed E-state index contributed by atoms with van der Waals surface area (Å²) in [5, 5.41) is 5.52. The molecule has 0 radical (unpaired) electrons. The molecule has 2 aliphatic heterocycles. The molecule has 9 rings (SSSR count). The second kappa shape index (κ2) is 11.2. The Bertz CT molecular complexity index is 2280. The van der Waals surface area contributed by atoms with Gasteiger partial charge in [0.05, 0.1) is 0 Å². The number of amides is 4. The van der Waals surface area contributed by atoms with Gasteiger partial charge >= 0.3 is 0 Å². The predicted octanol–water partition coefficient (Wildman–Crippen LogP) is 8.83. The number of imide groups is 2. The second-order valence-corrected chi connectivity index (χ2v) is 15.0. The van der Waals surface area contributed by atoms with E-state index >= 15 is 0 Å². The van der Waals surface area contributed by atoms with Gasteiger partial charge in [0.1, 0.15) is 0 Å². The number of carbonyl (C=O) groups is 4. The van der Waals surface area contributed by atoms with Crippen LogP contribution in [0.15, 0.2) is 36.4 Å². The maximum atomic E-state index is 14.4. The van der Waals surface area contributed by atoms with E-state index in [1.165, 1.54) is 22.6 Å². The molecule has 2 atom stereocenters. The Kier molecular flexibility index (Phi) is 6.88. The first-order valence-corrected chi connectivity index (χ1v) is 18.2. The van der Waals surface area contributed by atoms with Crippen molar-refractivity contribution in [2.75, 3.05) is 0 Å². The number of carbonyl (C=O) groups excluding carboxylic acids is 4. The van der Waals surface area contributed by atoms with Crippen molar-refractivity contribution < 1.29 is 19.2 Å². The zero-order valence-electron chi connectivity index (χ0n) is 28.5. The topological polar surface area (TPSA) is 74.8 Å². The molecule has 4 aliphatic rings. The van der Waals surface area contributed by atoms with Crippen LogP contribution in [0.25, 0.3) is 43.1 Å². The minimum atomic E-state index is -0.322. The molecule has 248 valence electrons. The third-order valence-electron chi connectivity index (χ3n) is 12.7. The van der Waals surface area contributed by atoms with Crippen molar-refractivity contribution in [3.05, 3.63) is 69.8 Å². The predicted molar refractivity (Wildman–Crippen MR) is 197 cm³/mol. The third kappa shape index (κ3) is 4.00. The van der Waals surface area contributed by atoms with E-state index in [1.807, 2.05) is 26.0 Å². The average molecular weight is 659 g/mol. The largest absolute Gasteiger partial charge is 0.271 e. The highest BCUT2D eigenvalue weighted by molar-refractivity contribution is 6.42. The Labute approximate surface area is 291 Å². The average Bonchev–Trinajstić information content (AvgIpc) is 3.15. The fourth-order valence-electron chi connectivity index (χ4n) is 10.1. The van der Waals surface area contributed by atoms with Crippen molar-refractivity contribution >= 4 is 66.7 Å². The van der Waals surface area contributed by atoms with Crippen LogP contribution in [0, 0.1) is 36.5 Å². The number of hydrogen-bond donors (Lipinski definition) is 0. The van der Waals surface area contributed by atoms with E-state index in [4.69, 9.17) is 12.8 Å². The first-order chi connectivity index (χ1) is 24.3. The van der Waals surface area contributed by atoms with E-state index in [2.05, 4.69) is 11.8 Å². The number of terminal acetylenes is 2. The summed E-state index contributed by atoms with van der Waals surface area (Å²) in [7, 11) is 0. The van der Waals surface area contributed by atoms with Crippen LogP contribution < -0.4 is 0 Å². The van der Waals surface area contributed by atoms with Crippen molar-refractivity contribution in [3.63, 3.8) is 0 Å². The molecule has 5 aromatic carbocycles.